The number of methoxy groups -OCH3 is 1. The molecule has 1 heterocycles. The van der Waals surface area contributed by atoms with Crippen molar-refractivity contribution in [2.45, 2.75) is 30.8 Å². The fourth-order valence-electron chi connectivity index (χ4n) is 2.77. The van der Waals surface area contributed by atoms with Gasteiger partial charge in [0.2, 0.25) is 5.91 Å². The first-order valence-electron chi connectivity index (χ1n) is 9.20. The van der Waals surface area contributed by atoms with Gasteiger partial charge in [-0.3, -0.25) is 9.36 Å². The molecule has 1 unspecified atom stereocenters. The van der Waals surface area contributed by atoms with E-state index in [4.69, 9.17) is 0 Å². The number of hydrogen-bond donors (Lipinski definition) is 1. The molecule has 0 saturated heterocycles. The lowest BCUT2D eigenvalue weighted by molar-refractivity contribution is -0.120. The largest absolute Gasteiger partial charge is 0.465 e. The number of rotatable bonds is 7. The highest BCUT2D eigenvalue weighted by Crippen LogP contribution is 2.25. The first-order valence-corrected chi connectivity index (χ1v) is 10.1. The molecule has 1 amide bonds. The molecule has 1 N–H and O–H groups in total. The summed E-state index contributed by atoms with van der Waals surface area (Å²) in [4.78, 5) is 28.4. The molecule has 0 spiro atoms. The molecule has 2 aromatic carbocycles. The number of benzene rings is 2. The molecule has 3 aromatic rings. The van der Waals surface area contributed by atoms with Crippen molar-refractivity contribution in [1.29, 1.82) is 0 Å². The molecule has 0 radical (unpaired) electrons. The molecule has 0 fully saturated rings. The highest BCUT2D eigenvalue weighted by molar-refractivity contribution is 8.00. The van der Waals surface area contributed by atoms with Crippen LogP contribution in [-0.2, 0) is 16.1 Å². The fraction of sp³-hybridized carbons (Fsp3) is 0.227. The predicted molar refractivity (Wildman–Crippen MR) is 113 cm³/mol. The zero-order valence-electron chi connectivity index (χ0n) is 16.6. The van der Waals surface area contributed by atoms with Gasteiger partial charge in [-0.2, -0.15) is 0 Å². The van der Waals surface area contributed by atoms with E-state index in [1.807, 2.05) is 42.8 Å². The minimum Gasteiger partial charge on any atom is -0.465 e. The van der Waals surface area contributed by atoms with Crippen molar-refractivity contribution in [3.63, 3.8) is 0 Å². The van der Waals surface area contributed by atoms with Crippen LogP contribution < -0.4 is 5.32 Å². The quantitative estimate of drug-likeness (QED) is 0.475. The Bertz CT molecular complexity index is 999. The number of imidazole rings is 1. The summed E-state index contributed by atoms with van der Waals surface area (Å²) in [7, 11) is 1.35. The number of aryl methyl sites for hydroxylation is 1. The van der Waals surface area contributed by atoms with E-state index in [0.29, 0.717) is 12.1 Å². The summed E-state index contributed by atoms with van der Waals surface area (Å²) >= 11 is 1.41. The van der Waals surface area contributed by atoms with Crippen LogP contribution in [0.4, 0.5) is 0 Å². The molecule has 0 saturated carbocycles. The van der Waals surface area contributed by atoms with E-state index in [2.05, 4.69) is 21.1 Å². The second kappa shape index (κ2) is 9.43. The minimum atomic E-state index is -0.380. The second-order valence-corrected chi connectivity index (χ2v) is 7.89. The second-order valence-electron chi connectivity index (χ2n) is 6.59. The van der Waals surface area contributed by atoms with E-state index in [1.54, 1.807) is 30.5 Å². The van der Waals surface area contributed by atoms with E-state index >= 15 is 0 Å². The third-order valence-electron chi connectivity index (χ3n) is 4.38. The van der Waals surface area contributed by atoms with Crippen LogP contribution in [0.2, 0.25) is 0 Å². The number of carbonyl (C=O) groups excluding carboxylic acids is 2. The summed E-state index contributed by atoms with van der Waals surface area (Å²) < 4.78 is 6.66. The van der Waals surface area contributed by atoms with Crippen molar-refractivity contribution >= 4 is 23.6 Å². The Labute approximate surface area is 174 Å². The van der Waals surface area contributed by atoms with Crippen molar-refractivity contribution in [3.05, 3.63) is 77.6 Å². The molecule has 3 rings (SSSR count). The summed E-state index contributed by atoms with van der Waals surface area (Å²) in [6.45, 7) is 4.29. The van der Waals surface area contributed by atoms with Crippen LogP contribution in [0.5, 0.6) is 0 Å². The summed E-state index contributed by atoms with van der Waals surface area (Å²) in [5, 5.41) is 3.38. The van der Waals surface area contributed by atoms with Crippen LogP contribution >= 0.6 is 11.8 Å². The highest BCUT2D eigenvalue weighted by Gasteiger charge is 2.17. The van der Waals surface area contributed by atoms with Crippen molar-refractivity contribution in [2.75, 3.05) is 7.11 Å². The normalized spacial score (nSPS) is 11.7. The van der Waals surface area contributed by atoms with Gasteiger partial charge in [-0.05, 0) is 49.2 Å². The van der Waals surface area contributed by atoms with E-state index in [-0.39, 0.29) is 17.1 Å². The van der Waals surface area contributed by atoms with Gasteiger partial charge in [-0.1, -0.05) is 36.0 Å². The van der Waals surface area contributed by atoms with Gasteiger partial charge in [0.15, 0.2) is 5.16 Å². The molecule has 150 valence electrons. The molecular formula is C22H23N3O3S. The van der Waals surface area contributed by atoms with Gasteiger partial charge in [0, 0.05) is 24.6 Å². The Morgan fingerprint density at radius 3 is 2.66 bits per heavy atom. The van der Waals surface area contributed by atoms with Gasteiger partial charge < -0.3 is 10.1 Å². The minimum absolute atomic E-state index is 0.0779. The third-order valence-corrected chi connectivity index (χ3v) is 5.46. The fourth-order valence-corrected chi connectivity index (χ4v) is 3.68. The van der Waals surface area contributed by atoms with E-state index in [0.717, 1.165) is 22.0 Å². The summed E-state index contributed by atoms with van der Waals surface area (Å²) in [6, 6.07) is 15.1. The number of aromatic nitrogens is 2. The molecular weight excluding hydrogens is 386 g/mol. The smallest absolute Gasteiger partial charge is 0.337 e. The summed E-state index contributed by atoms with van der Waals surface area (Å²) in [6.07, 6.45) is 3.63. The molecule has 0 aliphatic rings. The highest BCUT2D eigenvalue weighted by atomic mass is 32.2. The Balaban J connectivity index is 1.59. The number of carbonyl (C=O) groups is 2. The lowest BCUT2D eigenvalue weighted by Gasteiger charge is -2.13. The van der Waals surface area contributed by atoms with Crippen molar-refractivity contribution in [3.8, 4) is 5.69 Å². The number of esters is 1. The van der Waals surface area contributed by atoms with Gasteiger partial charge in [-0.15, -0.1) is 0 Å². The maximum atomic E-state index is 12.5. The van der Waals surface area contributed by atoms with Crippen LogP contribution in [0.15, 0.2) is 66.1 Å². The Morgan fingerprint density at radius 1 is 1.21 bits per heavy atom. The SMILES string of the molecule is COC(=O)c1ccc(CNC(=O)C(C)Sc2nccn2-c2cccc(C)c2)cc1. The van der Waals surface area contributed by atoms with Crippen molar-refractivity contribution in [1.82, 2.24) is 14.9 Å². The number of amides is 1. The maximum absolute atomic E-state index is 12.5. The Kier molecular flexibility index (Phi) is 6.72. The van der Waals surface area contributed by atoms with Crippen LogP contribution in [0.1, 0.15) is 28.4 Å². The average molecular weight is 410 g/mol. The van der Waals surface area contributed by atoms with E-state index in [1.165, 1.54) is 18.9 Å². The number of nitrogens with zero attached hydrogens (tertiary/aromatic N) is 2. The topological polar surface area (TPSA) is 73.2 Å². The maximum Gasteiger partial charge on any atom is 0.337 e. The number of thioether (sulfide) groups is 1. The molecule has 1 atom stereocenters. The zero-order valence-corrected chi connectivity index (χ0v) is 17.4. The standard InChI is InChI=1S/C22H23N3O3S/c1-15-5-4-6-19(13-15)25-12-11-23-22(25)29-16(2)20(26)24-14-17-7-9-18(10-8-17)21(27)28-3/h4-13,16H,14H2,1-3H3,(H,24,26). The Hall–Kier alpha value is -3.06. The zero-order chi connectivity index (χ0) is 20.8. The van der Waals surface area contributed by atoms with Crippen LogP contribution in [0.3, 0.4) is 0 Å². The van der Waals surface area contributed by atoms with Crippen molar-refractivity contribution in [2.24, 2.45) is 0 Å². The monoisotopic (exact) mass is 409 g/mol. The lowest BCUT2D eigenvalue weighted by atomic mass is 10.1. The molecule has 6 nitrogen and oxygen atoms in total. The summed E-state index contributed by atoms with van der Waals surface area (Å²) in [5.74, 6) is -0.458. The van der Waals surface area contributed by atoms with Crippen molar-refractivity contribution < 1.29 is 14.3 Å². The van der Waals surface area contributed by atoms with Crippen LogP contribution in [0.25, 0.3) is 5.69 Å². The van der Waals surface area contributed by atoms with Gasteiger partial charge in [-0.25, -0.2) is 9.78 Å². The van der Waals surface area contributed by atoms with Gasteiger partial charge in [0.1, 0.15) is 0 Å². The lowest BCUT2D eigenvalue weighted by Crippen LogP contribution is -2.30. The first kappa shape index (κ1) is 20.7. The third kappa shape index (κ3) is 5.26. The van der Waals surface area contributed by atoms with E-state index in [9.17, 15) is 9.59 Å². The Morgan fingerprint density at radius 2 is 1.97 bits per heavy atom. The first-order chi connectivity index (χ1) is 14.0. The van der Waals surface area contributed by atoms with Gasteiger partial charge in [0.05, 0.1) is 17.9 Å². The molecule has 1 aromatic heterocycles. The van der Waals surface area contributed by atoms with Crippen LogP contribution in [0, 0.1) is 6.92 Å². The molecule has 0 aliphatic carbocycles. The molecule has 0 aliphatic heterocycles. The van der Waals surface area contributed by atoms with Gasteiger partial charge >= 0.3 is 5.97 Å². The van der Waals surface area contributed by atoms with Crippen LogP contribution in [-0.4, -0.2) is 33.8 Å². The molecule has 29 heavy (non-hydrogen) atoms. The summed E-state index contributed by atoms with van der Waals surface area (Å²) in [5.41, 5.74) is 3.57. The number of ether oxygens (including phenoxy) is 1. The predicted octanol–water partition coefficient (Wildman–Crippen LogP) is 3.76. The number of nitrogens with one attached hydrogen (secondary N) is 1. The molecule has 0 bridgehead atoms. The van der Waals surface area contributed by atoms with Gasteiger partial charge in [0.25, 0.3) is 0 Å². The van der Waals surface area contributed by atoms with E-state index < -0.39 is 0 Å². The number of hydrogen-bond acceptors (Lipinski definition) is 5. The average Bonchev–Trinajstić information content (AvgIpc) is 3.19. The molecule has 7 heteroatoms.